The number of likely N-dealkylation sites (N-methyl/N-ethyl adjacent to an activating group) is 1. The lowest BCUT2D eigenvalue weighted by molar-refractivity contribution is -0.151. The fourth-order valence-electron chi connectivity index (χ4n) is 5.46. The van der Waals surface area contributed by atoms with Crippen LogP contribution in [-0.2, 0) is 19.8 Å². The molecule has 3 rings (SSSR count). The number of methoxy groups -OCH3 is 1. The van der Waals surface area contributed by atoms with Gasteiger partial charge in [0.2, 0.25) is 0 Å². The summed E-state index contributed by atoms with van der Waals surface area (Å²) in [7, 11) is 3.47. The third-order valence-electron chi connectivity index (χ3n) is 7.45. The maximum Gasteiger partial charge on any atom is 0.410 e. The lowest BCUT2D eigenvalue weighted by atomic mass is 9.82. The van der Waals surface area contributed by atoms with Crippen LogP contribution in [0.3, 0.4) is 0 Å². The third kappa shape index (κ3) is 7.78. The van der Waals surface area contributed by atoms with E-state index in [9.17, 15) is 9.90 Å². The predicted molar refractivity (Wildman–Crippen MR) is 138 cm³/mol. The Balaban J connectivity index is 1.72. The van der Waals surface area contributed by atoms with E-state index in [1.165, 1.54) is 44.2 Å². The molecule has 0 radical (unpaired) electrons. The van der Waals surface area contributed by atoms with Crippen molar-refractivity contribution in [2.24, 2.45) is 5.92 Å². The van der Waals surface area contributed by atoms with Crippen LogP contribution in [-0.4, -0.2) is 75.3 Å². The molecule has 1 heterocycles. The minimum absolute atomic E-state index is 0.0625. The highest BCUT2D eigenvalue weighted by atomic mass is 35.5. The Kier molecular flexibility index (Phi) is 11.7. The highest BCUT2D eigenvalue weighted by Crippen LogP contribution is 2.38. The van der Waals surface area contributed by atoms with Gasteiger partial charge >= 0.3 is 6.09 Å². The molecule has 0 aromatic heterocycles. The molecule has 9 heteroatoms. The Morgan fingerprint density at radius 1 is 1.33 bits per heavy atom. The number of benzene rings is 1. The van der Waals surface area contributed by atoms with E-state index in [-0.39, 0.29) is 36.3 Å². The van der Waals surface area contributed by atoms with Crippen LogP contribution >= 0.6 is 11.6 Å². The van der Waals surface area contributed by atoms with Gasteiger partial charge in [-0.05, 0) is 44.7 Å². The van der Waals surface area contributed by atoms with Crippen LogP contribution in [0.5, 0.6) is 0 Å². The van der Waals surface area contributed by atoms with Crippen molar-refractivity contribution in [2.45, 2.75) is 75.6 Å². The summed E-state index contributed by atoms with van der Waals surface area (Å²) in [4.78, 5) is 14.8. The second-order valence-corrected chi connectivity index (χ2v) is 10.5. The van der Waals surface area contributed by atoms with Crippen molar-refractivity contribution in [3.8, 4) is 0 Å². The number of hydrogen-bond acceptors (Lipinski definition) is 6. The zero-order valence-corrected chi connectivity index (χ0v) is 22.4. The quantitative estimate of drug-likeness (QED) is 0.376. The number of amides is 1. The Hall–Kier alpha value is -1.45. The van der Waals surface area contributed by atoms with Crippen molar-refractivity contribution < 1.29 is 28.5 Å². The summed E-state index contributed by atoms with van der Waals surface area (Å²) < 4.78 is 32.1. The number of halogens is 2. The Morgan fingerprint density at radius 2 is 2.11 bits per heavy atom. The van der Waals surface area contributed by atoms with Gasteiger partial charge in [0.05, 0.1) is 18.2 Å². The number of nitrogens with one attached hydrogen (secondary N) is 1. The van der Waals surface area contributed by atoms with E-state index in [4.69, 9.17) is 25.8 Å². The minimum atomic E-state index is -1.66. The molecule has 204 valence electrons. The molecular weight excluding hydrogens is 487 g/mol. The van der Waals surface area contributed by atoms with Gasteiger partial charge in [0, 0.05) is 32.4 Å². The molecule has 1 saturated heterocycles. The van der Waals surface area contributed by atoms with Gasteiger partial charge in [0.1, 0.15) is 23.6 Å². The van der Waals surface area contributed by atoms with E-state index in [0.717, 1.165) is 6.42 Å². The summed E-state index contributed by atoms with van der Waals surface area (Å²) >= 11 is 6.05. The molecule has 2 N–H and O–H groups in total. The first-order chi connectivity index (χ1) is 17.4. The number of hydrogen-bond donors (Lipinski definition) is 2. The molecule has 1 unspecified atom stereocenters. The number of carbonyl (C=O) groups is 1. The first-order valence-corrected chi connectivity index (χ1v) is 13.6. The number of nitrogens with zero attached hydrogens (tertiary/aromatic N) is 1. The molecule has 1 aromatic rings. The van der Waals surface area contributed by atoms with Crippen LogP contribution in [0.2, 0.25) is 5.02 Å². The maximum atomic E-state index is 15.1. The average Bonchev–Trinajstić information content (AvgIpc) is 2.89. The molecule has 1 amide bonds. The molecule has 3 atom stereocenters. The van der Waals surface area contributed by atoms with Crippen LogP contribution < -0.4 is 5.32 Å². The average molecular weight is 529 g/mol. The first-order valence-electron chi connectivity index (χ1n) is 13.3. The normalized spacial score (nSPS) is 21.7. The van der Waals surface area contributed by atoms with Crippen LogP contribution in [0.15, 0.2) is 18.2 Å². The second-order valence-electron chi connectivity index (χ2n) is 10.1. The van der Waals surface area contributed by atoms with E-state index in [0.29, 0.717) is 38.5 Å². The number of unbranched alkanes of at least 4 members (excludes halogenated alkanes) is 1. The van der Waals surface area contributed by atoms with Crippen LogP contribution in [0.4, 0.5) is 9.18 Å². The highest BCUT2D eigenvalue weighted by molar-refractivity contribution is 6.30. The van der Waals surface area contributed by atoms with E-state index >= 15 is 4.39 Å². The van der Waals surface area contributed by atoms with Crippen molar-refractivity contribution in [3.05, 3.63) is 34.6 Å². The molecule has 0 spiro atoms. The zero-order chi connectivity index (χ0) is 26.0. The summed E-state index contributed by atoms with van der Waals surface area (Å²) in [6.45, 7) is 1.80. The Morgan fingerprint density at radius 3 is 2.83 bits per heavy atom. The number of aliphatic hydroxyl groups is 1. The number of morpholine rings is 1. The lowest BCUT2D eigenvalue weighted by Gasteiger charge is -2.42. The van der Waals surface area contributed by atoms with Gasteiger partial charge in [0.25, 0.3) is 0 Å². The monoisotopic (exact) mass is 528 g/mol. The second kappa shape index (κ2) is 14.5. The molecule has 7 nitrogen and oxygen atoms in total. The van der Waals surface area contributed by atoms with Gasteiger partial charge in [-0.3, -0.25) is 0 Å². The summed E-state index contributed by atoms with van der Waals surface area (Å²) in [5.41, 5.74) is -1.58. The Labute approximate surface area is 219 Å². The van der Waals surface area contributed by atoms with Gasteiger partial charge < -0.3 is 29.5 Å². The summed E-state index contributed by atoms with van der Waals surface area (Å²) in [6.07, 6.45) is 7.02. The van der Waals surface area contributed by atoms with Crippen molar-refractivity contribution in [1.29, 1.82) is 0 Å². The molecule has 1 aromatic carbocycles. The molecule has 0 bridgehead atoms. The Bertz CT molecular complexity index is 825. The first kappa shape index (κ1) is 29.1. The molecule has 2 fully saturated rings. The van der Waals surface area contributed by atoms with E-state index in [1.54, 1.807) is 18.1 Å². The van der Waals surface area contributed by atoms with Gasteiger partial charge in [-0.15, -0.1) is 0 Å². The lowest BCUT2D eigenvalue weighted by Crippen LogP contribution is -2.55. The third-order valence-corrected chi connectivity index (χ3v) is 7.74. The smallest absolute Gasteiger partial charge is 0.410 e. The largest absolute Gasteiger partial charge is 0.445 e. The number of carbonyl (C=O) groups excluding carboxylic acids is 1. The fraction of sp³-hybridized carbons (Fsp3) is 0.741. The van der Waals surface area contributed by atoms with E-state index in [1.807, 2.05) is 7.05 Å². The fourth-order valence-corrected chi connectivity index (χ4v) is 5.64. The minimum Gasteiger partial charge on any atom is -0.445 e. The highest BCUT2D eigenvalue weighted by Gasteiger charge is 2.44. The van der Waals surface area contributed by atoms with Gasteiger partial charge in [-0.25, -0.2) is 9.18 Å². The topological polar surface area (TPSA) is 80.3 Å². The van der Waals surface area contributed by atoms with Crippen LogP contribution in [0, 0.1) is 11.7 Å². The maximum absolute atomic E-state index is 15.1. The van der Waals surface area contributed by atoms with Gasteiger partial charge in [0.15, 0.2) is 0 Å². The SMILES string of the molecule is CNC[C@H](CC1CCCCC1)OC(=O)N1CCOC([C@](O)(CCCCOC)c2cccc(Cl)c2F)C1. The van der Waals surface area contributed by atoms with Crippen LogP contribution in [0.1, 0.15) is 63.4 Å². The van der Waals surface area contributed by atoms with Crippen molar-refractivity contribution in [2.75, 3.05) is 47.0 Å². The van der Waals surface area contributed by atoms with Gasteiger partial charge in [-0.1, -0.05) is 55.8 Å². The summed E-state index contributed by atoms with van der Waals surface area (Å²) in [6, 6.07) is 4.60. The van der Waals surface area contributed by atoms with Crippen molar-refractivity contribution in [1.82, 2.24) is 10.2 Å². The van der Waals surface area contributed by atoms with Crippen LogP contribution in [0.25, 0.3) is 0 Å². The van der Waals surface area contributed by atoms with Crippen molar-refractivity contribution in [3.63, 3.8) is 0 Å². The standard InChI is InChI=1S/C27H42ClFN2O5/c1-30-18-21(17-20-9-4-3-5-10-20)36-26(32)31-14-16-35-24(19-31)27(33,13-6-7-15-34-2)22-11-8-12-23(28)25(22)29/h8,11-12,20-21,24,30,33H,3-7,9-10,13-19H2,1-2H3/t21-,24?,27-/m0/s1. The summed E-state index contributed by atoms with van der Waals surface area (Å²) in [5.74, 6) is -0.0939. The predicted octanol–water partition coefficient (Wildman–Crippen LogP) is 4.88. The molecule has 1 saturated carbocycles. The molecular formula is C27H42ClFN2O5. The van der Waals surface area contributed by atoms with E-state index < -0.39 is 23.6 Å². The van der Waals surface area contributed by atoms with Crippen molar-refractivity contribution >= 4 is 17.7 Å². The molecule has 36 heavy (non-hydrogen) atoms. The summed E-state index contributed by atoms with van der Waals surface area (Å²) in [5, 5.41) is 14.9. The van der Waals surface area contributed by atoms with Gasteiger partial charge in [-0.2, -0.15) is 0 Å². The van der Waals surface area contributed by atoms with E-state index in [2.05, 4.69) is 5.32 Å². The molecule has 1 aliphatic carbocycles. The molecule has 2 aliphatic rings. The zero-order valence-electron chi connectivity index (χ0n) is 21.6. The number of ether oxygens (including phenoxy) is 3. The number of rotatable bonds is 12. The molecule has 1 aliphatic heterocycles.